The summed E-state index contributed by atoms with van der Waals surface area (Å²) in [5, 5.41) is 14.1. The molecule has 1 aliphatic heterocycles. The molecule has 0 fully saturated rings. The number of allylic oxidation sites excluding steroid dienone is 2. The maximum atomic E-state index is 13.5. The van der Waals surface area contributed by atoms with Gasteiger partial charge in [0.2, 0.25) is 0 Å². The zero-order chi connectivity index (χ0) is 25.1. The van der Waals surface area contributed by atoms with Gasteiger partial charge in [-0.3, -0.25) is 19.8 Å². The molecule has 7 nitrogen and oxygen atoms in total. The van der Waals surface area contributed by atoms with Crippen molar-refractivity contribution >= 4 is 52.4 Å². The molecule has 2 aliphatic rings. The number of thioether (sulfide) groups is 2. The minimum Gasteiger partial charge on any atom is -0.307 e. The highest BCUT2D eigenvalue weighted by Gasteiger charge is 2.36. The first kappa shape index (κ1) is 23.9. The molecule has 0 radical (unpaired) electrons. The second-order valence-electron chi connectivity index (χ2n) is 8.16. The van der Waals surface area contributed by atoms with E-state index in [1.54, 1.807) is 22.7 Å². The lowest BCUT2D eigenvalue weighted by Crippen LogP contribution is -2.49. The summed E-state index contributed by atoms with van der Waals surface area (Å²) >= 11 is 3.06. The van der Waals surface area contributed by atoms with Crippen molar-refractivity contribution < 1.29 is 14.5 Å². The fraction of sp³-hybridized carbons (Fsp3) is 0.111. The van der Waals surface area contributed by atoms with E-state index in [1.165, 1.54) is 30.0 Å². The molecule has 1 heterocycles. The van der Waals surface area contributed by atoms with Crippen LogP contribution in [0.5, 0.6) is 0 Å². The first-order valence-electron chi connectivity index (χ1n) is 11.2. The van der Waals surface area contributed by atoms with Crippen LogP contribution in [0.3, 0.4) is 0 Å². The number of Topliss-reactive ketones (excluding diaryl/α,β-unsaturated/α-hetero) is 1. The first-order chi connectivity index (χ1) is 17.5. The van der Waals surface area contributed by atoms with E-state index in [4.69, 9.17) is 0 Å². The van der Waals surface area contributed by atoms with Gasteiger partial charge in [-0.05, 0) is 30.3 Å². The van der Waals surface area contributed by atoms with Crippen molar-refractivity contribution in [3.63, 3.8) is 0 Å². The number of benzene rings is 3. The normalized spacial score (nSPS) is 17.7. The van der Waals surface area contributed by atoms with Gasteiger partial charge in [-0.25, -0.2) is 4.79 Å². The minimum absolute atomic E-state index is 0.0972. The summed E-state index contributed by atoms with van der Waals surface area (Å²) in [6.45, 7) is 0. The summed E-state index contributed by atoms with van der Waals surface area (Å²) in [5.41, 5.74) is 1.68. The number of fused-ring (bicyclic) bond motifs is 2. The first-order valence-corrected chi connectivity index (χ1v) is 13.1. The topological polar surface area (TPSA) is 92.6 Å². The number of ketones is 1. The van der Waals surface area contributed by atoms with Crippen LogP contribution in [0.1, 0.15) is 10.4 Å². The second-order valence-corrected chi connectivity index (χ2v) is 10.4. The molecule has 0 bridgehead atoms. The molecule has 36 heavy (non-hydrogen) atoms. The lowest BCUT2D eigenvalue weighted by molar-refractivity contribution is -0.384. The van der Waals surface area contributed by atoms with Crippen LogP contribution in [-0.4, -0.2) is 33.8 Å². The van der Waals surface area contributed by atoms with Crippen molar-refractivity contribution in [3.05, 3.63) is 113 Å². The number of urea groups is 1. The summed E-state index contributed by atoms with van der Waals surface area (Å²) in [6.07, 6.45) is 8.12. The molecule has 0 saturated carbocycles. The van der Waals surface area contributed by atoms with Crippen LogP contribution < -0.4 is 10.2 Å². The van der Waals surface area contributed by atoms with Crippen molar-refractivity contribution in [3.8, 4) is 0 Å². The number of carbonyl (C=O) groups excluding carboxylic acids is 2. The van der Waals surface area contributed by atoms with Crippen LogP contribution >= 0.6 is 23.5 Å². The minimum atomic E-state index is -0.517. The third-order valence-corrected chi connectivity index (χ3v) is 8.10. The standard InChI is InChI=1S/C27H21N3O4S2/c31-24(18-7-5-9-20(15-18)30(33)34)17-35-21-10-6-8-19(16-21)28-27(32)29-22-11-1-3-13-25(22)36-26-14-4-2-12-23(26)29/h1-16,22,25H,17H2,(H,28,32). The zero-order valence-electron chi connectivity index (χ0n) is 18.9. The molecule has 0 aromatic heterocycles. The molecule has 0 saturated heterocycles. The van der Waals surface area contributed by atoms with Crippen molar-refractivity contribution in [2.45, 2.75) is 21.1 Å². The van der Waals surface area contributed by atoms with Crippen LogP contribution in [0.25, 0.3) is 0 Å². The number of para-hydroxylation sites is 1. The highest BCUT2D eigenvalue weighted by molar-refractivity contribution is 8.00. The third-order valence-electron chi connectivity index (χ3n) is 5.80. The largest absolute Gasteiger partial charge is 0.326 e. The summed E-state index contributed by atoms with van der Waals surface area (Å²) in [7, 11) is 0. The monoisotopic (exact) mass is 515 g/mol. The molecule has 180 valence electrons. The van der Waals surface area contributed by atoms with E-state index in [9.17, 15) is 19.7 Å². The Bertz CT molecular complexity index is 1410. The van der Waals surface area contributed by atoms with Crippen LogP contribution in [0, 0.1) is 10.1 Å². The third kappa shape index (κ3) is 5.07. The van der Waals surface area contributed by atoms with E-state index >= 15 is 0 Å². The van der Waals surface area contributed by atoms with Gasteiger partial charge in [-0.15, -0.1) is 23.5 Å². The number of hydrogen-bond donors (Lipinski definition) is 1. The van der Waals surface area contributed by atoms with Crippen LogP contribution in [-0.2, 0) is 0 Å². The van der Waals surface area contributed by atoms with E-state index < -0.39 is 4.92 Å². The van der Waals surface area contributed by atoms with Crippen molar-refractivity contribution in [1.82, 2.24) is 0 Å². The molecular weight excluding hydrogens is 494 g/mol. The fourth-order valence-corrected chi connectivity index (χ4v) is 6.21. The molecule has 3 aromatic rings. The van der Waals surface area contributed by atoms with Crippen LogP contribution in [0.15, 0.2) is 107 Å². The summed E-state index contributed by atoms with van der Waals surface area (Å²) < 4.78 is 0. The molecule has 2 atom stereocenters. The highest BCUT2D eigenvalue weighted by Crippen LogP contribution is 2.43. The molecule has 3 aromatic carbocycles. The average Bonchev–Trinajstić information content (AvgIpc) is 2.90. The number of anilines is 2. The number of nitrogens with zero attached hydrogens (tertiary/aromatic N) is 2. The van der Waals surface area contributed by atoms with E-state index in [0.717, 1.165) is 15.5 Å². The molecule has 9 heteroatoms. The number of carbonyl (C=O) groups is 2. The lowest BCUT2D eigenvalue weighted by Gasteiger charge is -2.40. The molecule has 2 unspecified atom stereocenters. The Balaban J connectivity index is 1.29. The number of nitrogens with one attached hydrogen (secondary N) is 1. The molecule has 1 aliphatic carbocycles. The van der Waals surface area contributed by atoms with E-state index in [-0.39, 0.29) is 34.5 Å². The van der Waals surface area contributed by atoms with Gasteiger partial charge in [-0.2, -0.15) is 0 Å². The fourth-order valence-electron chi connectivity index (χ4n) is 4.10. The molecular formula is C27H21N3O4S2. The van der Waals surface area contributed by atoms with E-state index in [1.807, 2.05) is 66.8 Å². The number of nitro benzene ring substituents is 1. The van der Waals surface area contributed by atoms with E-state index in [2.05, 4.69) is 11.4 Å². The Morgan fingerprint density at radius 3 is 2.67 bits per heavy atom. The number of amides is 2. The van der Waals surface area contributed by atoms with Gasteiger partial charge in [0, 0.05) is 33.2 Å². The smallest absolute Gasteiger partial charge is 0.307 e. The molecule has 1 N–H and O–H groups in total. The molecule has 2 amide bonds. The van der Waals surface area contributed by atoms with E-state index in [0.29, 0.717) is 11.3 Å². The average molecular weight is 516 g/mol. The Hall–Kier alpha value is -3.82. The maximum Gasteiger partial charge on any atom is 0.326 e. The maximum absolute atomic E-state index is 13.5. The highest BCUT2D eigenvalue weighted by atomic mass is 32.2. The van der Waals surface area contributed by atoms with Crippen LogP contribution in [0.4, 0.5) is 21.9 Å². The number of nitro groups is 1. The van der Waals surface area contributed by atoms with Gasteiger partial charge in [0.1, 0.15) is 0 Å². The van der Waals surface area contributed by atoms with Gasteiger partial charge in [0.25, 0.3) is 5.69 Å². The van der Waals surface area contributed by atoms with Crippen molar-refractivity contribution in [2.75, 3.05) is 16.0 Å². The summed E-state index contributed by atoms with van der Waals surface area (Å²) in [5.74, 6) is -0.0837. The van der Waals surface area contributed by atoms with Gasteiger partial charge in [0.05, 0.1) is 27.7 Å². The lowest BCUT2D eigenvalue weighted by atomic mass is 10.1. The SMILES string of the molecule is O=C(CSc1cccc(NC(=O)N2c3ccccc3SC3C=CC=CC32)c1)c1cccc([N+](=O)[O-])c1. The Kier molecular flexibility index (Phi) is 6.92. The predicted octanol–water partition coefficient (Wildman–Crippen LogP) is 6.58. The zero-order valence-corrected chi connectivity index (χ0v) is 20.6. The Morgan fingerprint density at radius 1 is 1.00 bits per heavy atom. The van der Waals surface area contributed by atoms with Gasteiger partial charge in [-0.1, -0.05) is 54.6 Å². The van der Waals surface area contributed by atoms with Crippen LogP contribution in [0.2, 0.25) is 0 Å². The Morgan fingerprint density at radius 2 is 1.81 bits per heavy atom. The summed E-state index contributed by atoms with van der Waals surface area (Å²) in [4.78, 5) is 40.2. The van der Waals surface area contributed by atoms with Gasteiger partial charge >= 0.3 is 6.03 Å². The molecule has 0 spiro atoms. The number of rotatable bonds is 6. The van der Waals surface area contributed by atoms with Crippen molar-refractivity contribution in [1.29, 1.82) is 0 Å². The Labute approximate surface area is 216 Å². The molecule has 5 rings (SSSR count). The number of hydrogen-bond acceptors (Lipinski definition) is 6. The second kappa shape index (κ2) is 10.4. The van der Waals surface area contributed by atoms with Crippen molar-refractivity contribution in [2.24, 2.45) is 0 Å². The summed E-state index contributed by atoms with van der Waals surface area (Å²) in [6, 6.07) is 20.6. The van der Waals surface area contributed by atoms with Gasteiger partial charge < -0.3 is 5.32 Å². The van der Waals surface area contributed by atoms with Gasteiger partial charge in [0.15, 0.2) is 5.78 Å². The number of non-ortho nitro benzene ring substituents is 1. The predicted molar refractivity (Wildman–Crippen MR) is 144 cm³/mol. The quantitative estimate of drug-likeness (QED) is 0.173.